The Morgan fingerprint density at radius 3 is 2.41 bits per heavy atom. The van der Waals surface area contributed by atoms with Crippen LogP contribution in [0.15, 0.2) is 18.2 Å². The van der Waals surface area contributed by atoms with Crippen molar-refractivity contribution in [1.29, 1.82) is 0 Å². The quantitative estimate of drug-likeness (QED) is 0.695. The van der Waals surface area contributed by atoms with E-state index in [1.165, 1.54) is 18.2 Å². The first-order valence-electron chi connectivity index (χ1n) is 5.31. The molecule has 2 unspecified atom stereocenters. The van der Waals surface area contributed by atoms with Crippen molar-refractivity contribution in [3.05, 3.63) is 23.8 Å². The maximum Gasteiger partial charge on any atom is 0.320 e. The zero-order valence-electron chi connectivity index (χ0n) is 10.1. The SMILES string of the molecule is CC(C(=O)O)N(C)C(C)c1cc(O)ccc1O. The van der Waals surface area contributed by atoms with Crippen molar-refractivity contribution in [2.45, 2.75) is 25.9 Å². The number of nitrogens with zero attached hydrogens (tertiary/aromatic N) is 1. The molecule has 0 bridgehead atoms. The topological polar surface area (TPSA) is 81.0 Å². The van der Waals surface area contributed by atoms with Crippen LogP contribution in [0.1, 0.15) is 25.5 Å². The first-order chi connectivity index (χ1) is 7.84. The van der Waals surface area contributed by atoms with Gasteiger partial charge in [0.25, 0.3) is 0 Å². The molecule has 3 N–H and O–H groups in total. The lowest BCUT2D eigenvalue weighted by molar-refractivity contribution is -0.142. The number of phenols is 2. The summed E-state index contributed by atoms with van der Waals surface area (Å²) in [5.41, 5.74) is 0.501. The molecule has 0 spiro atoms. The minimum Gasteiger partial charge on any atom is -0.508 e. The van der Waals surface area contributed by atoms with Crippen molar-refractivity contribution >= 4 is 5.97 Å². The van der Waals surface area contributed by atoms with E-state index in [1.54, 1.807) is 25.8 Å². The largest absolute Gasteiger partial charge is 0.508 e. The number of aromatic hydroxyl groups is 2. The maximum atomic E-state index is 10.9. The number of carbonyl (C=O) groups is 1. The highest BCUT2D eigenvalue weighted by Crippen LogP contribution is 2.31. The second kappa shape index (κ2) is 5.05. The summed E-state index contributed by atoms with van der Waals surface area (Å²) < 4.78 is 0. The summed E-state index contributed by atoms with van der Waals surface area (Å²) >= 11 is 0. The molecule has 0 fully saturated rings. The average Bonchev–Trinajstić information content (AvgIpc) is 2.29. The molecule has 0 aliphatic heterocycles. The second-order valence-corrected chi connectivity index (χ2v) is 4.10. The predicted molar refractivity (Wildman–Crippen MR) is 63.0 cm³/mol. The highest BCUT2D eigenvalue weighted by molar-refractivity contribution is 5.72. The molecule has 5 nitrogen and oxygen atoms in total. The molecule has 94 valence electrons. The van der Waals surface area contributed by atoms with E-state index in [9.17, 15) is 15.0 Å². The number of carboxylic acid groups (broad SMARTS) is 1. The van der Waals surface area contributed by atoms with Crippen molar-refractivity contribution in [2.75, 3.05) is 7.05 Å². The molecule has 1 aromatic rings. The van der Waals surface area contributed by atoms with Crippen molar-refractivity contribution < 1.29 is 20.1 Å². The van der Waals surface area contributed by atoms with Gasteiger partial charge in [-0.3, -0.25) is 9.69 Å². The van der Waals surface area contributed by atoms with Crippen LogP contribution in [0.3, 0.4) is 0 Å². The van der Waals surface area contributed by atoms with Gasteiger partial charge < -0.3 is 15.3 Å². The molecule has 0 aliphatic carbocycles. The molecule has 0 saturated carbocycles. The van der Waals surface area contributed by atoms with Gasteiger partial charge in [0.05, 0.1) is 0 Å². The summed E-state index contributed by atoms with van der Waals surface area (Å²) in [7, 11) is 1.66. The summed E-state index contributed by atoms with van der Waals surface area (Å²) in [5, 5.41) is 28.0. The zero-order valence-corrected chi connectivity index (χ0v) is 10.1. The van der Waals surface area contributed by atoms with Crippen LogP contribution in [0.2, 0.25) is 0 Å². The fraction of sp³-hybridized carbons (Fsp3) is 0.417. The maximum absolute atomic E-state index is 10.9. The standard InChI is InChI=1S/C12H17NO4/c1-7(13(3)8(2)12(16)17)10-6-9(14)4-5-11(10)15/h4-8,14-15H,1-3H3,(H,16,17). The molecule has 0 heterocycles. The fourth-order valence-electron chi connectivity index (χ4n) is 1.61. The highest BCUT2D eigenvalue weighted by Gasteiger charge is 2.24. The Balaban J connectivity index is 2.99. The summed E-state index contributed by atoms with van der Waals surface area (Å²) in [5.74, 6) is -0.847. The van der Waals surface area contributed by atoms with E-state index in [1.807, 2.05) is 0 Å². The Hall–Kier alpha value is -1.75. The van der Waals surface area contributed by atoms with Gasteiger partial charge in [-0.1, -0.05) is 0 Å². The van der Waals surface area contributed by atoms with Crippen molar-refractivity contribution in [3.63, 3.8) is 0 Å². The summed E-state index contributed by atoms with van der Waals surface area (Å²) in [4.78, 5) is 12.5. The van der Waals surface area contributed by atoms with Gasteiger partial charge in [-0.25, -0.2) is 0 Å². The minimum absolute atomic E-state index is 0.0414. The van der Waals surface area contributed by atoms with E-state index in [0.29, 0.717) is 5.56 Å². The number of hydrogen-bond acceptors (Lipinski definition) is 4. The lowest BCUT2D eigenvalue weighted by atomic mass is 10.0. The van der Waals surface area contributed by atoms with Crippen LogP contribution in [0.5, 0.6) is 11.5 Å². The Labute approximate surface area is 99.9 Å². The predicted octanol–water partition coefficient (Wildman–Crippen LogP) is 1.56. The normalized spacial score (nSPS) is 14.6. The van der Waals surface area contributed by atoms with Crippen molar-refractivity contribution in [1.82, 2.24) is 4.90 Å². The number of benzene rings is 1. The Kier molecular flexibility index (Phi) is 3.96. The van der Waals surface area contributed by atoms with E-state index < -0.39 is 12.0 Å². The second-order valence-electron chi connectivity index (χ2n) is 4.10. The molecule has 5 heteroatoms. The van der Waals surface area contributed by atoms with Gasteiger partial charge in [-0.15, -0.1) is 0 Å². The monoisotopic (exact) mass is 239 g/mol. The van der Waals surface area contributed by atoms with Crippen LogP contribution in [-0.4, -0.2) is 39.3 Å². The molecule has 17 heavy (non-hydrogen) atoms. The van der Waals surface area contributed by atoms with Gasteiger partial charge >= 0.3 is 5.97 Å². The number of aliphatic carboxylic acids is 1. The third kappa shape index (κ3) is 2.88. The van der Waals surface area contributed by atoms with E-state index in [4.69, 9.17) is 5.11 Å². The van der Waals surface area contributed by atoms with Gasteiger partial charge in [-0.05, 0) is 39.1 Å². The highest BCUT2D eigenvalue weighted by atomic mass is 16.4. The van der Waals surface area contributed by atoms with Gasteiger partial charge in [0, 0.05) is 11.6 Å². The lowest BCUT2D eigenvalue weighted by Crippen LogP contribution is -2.37. The lowest BCUT2D eigenvalue weighted by Gasteiger charge is -2.28. The molecular weight excluding hydrogens is 222 g/mol. The molecule has 0 amide bonds. The van der Waals surface area contributed by atoms with Crippen molar-refractivity contribution in [2.24, 2.45) is 0 Å². The van der Waals surface area contributed by atoms with Crippen LogP contribution < -0.4 is 0 Å². The van der Waals surface area contributed by atoms with Crippen LogP contribution in [0.4, 0.5) is 0 Å². The smallest absolute Gasteiger partial charge is 0.320 e. The van der Waals surface area contributed by atoms with Crippen LogP contribution in [0, 0.1) is 0 Å². The minimum atomic E-state index is -0.931. The first kappa shape index (κ1) is 13.3. The Morgan fingerprint density at radius 1 is 1.29 bits per heavy atom. The van der Waals surface area contributed by atoms with Crippen molar-refractivity contribution in [3.8, 4) is 11.5 Å². The Morgan fingerprint density at radius 2 is 1.88 bits per heavy atom. The third-order valence-electron chi connectivity index (χ3n) is 3.04. The molecule has 1 rings (SSSR count). The number of carboxylic acids is 1. The van der Waals surface area contributed by atoms with E-state index >= 15 is 0 Å². The molecule has 0 aromatic heterocycles. The van der Waals surface area contributed by atoms with Gasteiger partial charge in [0.1, 0.15) is 17.5 Å². The van der Waals surface area contributed by atoms with Crippen LogP contribution in [0.25, 0.3) is 0 Å². The molecule has 0 saturated heterocycles. The molecular formula is C12H17NO4. The van der Waals surface area contributed by atoms with Gasteiger partial charge in [-0.2, -0.15) is 0 Å². The van der Waals surface area contributed by atoms with Crippen LogP contribution in [-0.2, 0) is 4.79 Å². The van der Waals surface area contributed by atoms with E-state index in [0.717, 1.165) is 0 Å². The zero-order chi connectivity index (χ0) is 13.2. The number of likely N-dealkylation sites (N-methyl/N-ethyl adjacent to an activating group) is 1. The number of rotatable bonds is 4. The van der Waals surface area contributed by atoms with E-state index in [-0.39, 0.29) is 17.5 Å². The number of hydrogen-bond donors (Lipinski definition) is 3. The fourth-order valence-corrected chi connectivity index (χ4v) is 1.61. The number of phenolic OH excluding ortho intramolecular Hbond substituents is 2. The third-order valence-corrected chi connectivity index (χ3v) is 3.04. The van der Waals surface area contributed by atoms with E-state index in [2.05, 4.69) is 0 Å². The Bertz CT molecular complexity index is 419. The summed E-state index contributed by atoms with van der Waals surface area (Å²) in [6.07, 6.45) is 0. The molecule has 1 aromatic carbocycles. The molecule has 2 atom stereocenters. The molecule has 0 aliphatic rings. The average molecular weight is 239 g/mol. The van der Waals surface area contributed by atoms with Gasteiger partial charge in [0.2, 0.25) is 0 Å². The summed E-state index contributed by atoms with van der Waals surface area (Å²) in [6.45, 7) is 3.34. The summed E-state index contributed by atoms with van der Waals surface area (Å²) in [6, 6.07) is 3.22. The van der Waals surface area contributed by atoms with Gasteiger partial charge in [0.15, 0.2) is 0 Å². The molecule has 0 radical (unpaired) electrons. The van der Waals surface area contributed by atoms with Crippen LogP contribution >= 0.6 is 0 Å². The first-order valence-corrected chi connectivity index (χ1v) is 5.31.